The quantitative estimate of drug-likeness (QED) is 0.751. The van der Waals surface area contributed by atoms with Gasteiger partial charge in [0.1, 0.15) is 0 Å². The second kappa shape index (κ2) is 3.70. The molecule has 1 spiro atoms. The minimum Gasteiger partial charge on any atom is -0.381 e. The summed E-state index contributed by atoms with van der Waals surface area (Å²) in [6.45, 7) is 4.65. The van der Waals surface area contributed by atoms with Gasteiger partial charge in [-0.25, -0.2) is 0 Å². The maximum absolute atomic E-state index is 12.2. The van der Waals surface area contributed by atoms with Gasteiger partial charge < -0.3 is 9.64 Å². The van der Waals surface area contributed by atoms with Crippen LogP contribution in [-0.4, -0.2) is 42.3 Å². The molecule has 4 heteroatoms. The molecule has 0 aromatic rings. The lowest BCUT2D eigenvalue weighted by atomic mass is 9.92. The Kier molecular flexibility index (Phi) is 2.44. The normalized spacial score (nSPS) is 31.1. The summed E-state index contributed by atoms with van der Waals surface area (Å²) in [5.41, 5.74) is -0.139. The van der Waals surface area contributed by atoms with Gasteiger partial charge in [-0.3, -0.25) is 10.1 Å². The van der Waals surface area contributed by atoms with Crippen molar-refractivity contribution in [3.8, 4) is 0 Å². The van der Waals surface area contributed by atoms with E-state index in [4.69, 9.17) is 4.74 Å². The number of amides is 1. The maximum atomic E-state index is 12.2. The SMILES string of the molecule is CC(C1CCOCC1)N1CNC2(CC2)C1=O. The molecule has 1 amide bonds. The lowest BCUT2D eigenvalue weighted by Gasteiger charge is -2.33. The summed E-state index contributed by atoms with van der Waals surface area (Å²) in [4.78, 5) is 14.3. The van der Waals surface area contributed by atoms with Gasteiger partial charge >= 0.3 is 0 Å². The molecule has 16 heavy (non-hydrogen) atoms. The van der Waals surface area contributed by atoms with Gasteiger partial charge in [0.15, 0.2) is 0 Å². The fourth-order valence-electron chi connectivity index (χ4n) is 2.96. The summed E-state index contributed by atoms with van der Waals surface area (Å²) < 4.78 is 5.37. The van der Waals surface area contributed by atoms with Gasteiger partial charge in [0, 0.05) is 19.3 Å². The van der Waals surface area contributed by atoms with E-state index < -0.39 is 0 Å². The molecule has 2 saturated heterocycles. The number of hydrogen-bond donors (Lipinski definition) is 1. The number of nitrogens with one attached hydrogen (secondary N) is 1. The number of rotatable bonds is 2. The zero-order valence-electron chi connectivity index (χ0n) is 9.87. The van der Waals surface area contributed by atoms with Crippen LogP contribution < -0.4 is 5.32 Å². The fraction of sp³-hybridized carbons (Fsp3) is 0.917. The van der Waals surface area contributed by atoms with Crippen LogP contribution in [0.5, 0.6) is 0 Å². The van der Waals surface area contributed by atoms with Crippen molar-refractivity contribution in [2.24, 2.45) is 5.92 Å². The second-order valence-electron chi connectivity index (χ2n) is 5.38. The highest BCUT2D eigenvalue weighted by molar-refractivity contribution is 5.91. The van der Waals surface area contributed by atoms with E-state index in [0.29, 0.717) is 17.9 Å². The van der Waals surface area contributed by atoms with Crippen molar-refractivity contribution in [3.05, 3.63) is 0 Å². The van der Waals surface area contributed by atoms with Gasteiger partial charge in [-0.1, -0.05) is 0 Å². The van der Waals surface area contributed by atoms with Crippen LogP contribution in [0.1, 0.15) is 32.6 Å². The van der Waals surface area contributed by atoms with E-state index in [-0.39, 0.29) is 5.54 Å². The number of hydrogen-bond acceptors (Lipinski definition) is 3. The van der Waals surface area contributed by atoms with E-state index in [2.05, 4.69) is 12.2 Å². The predicted octanol–water partition coefficient (Wildman–Crippen LogP) is 0.723. The average molecular weight is 224 g/mol. The van der Waals surface area contributed by atoms with Crippen LogP contribution in [0.15, 0.2) is 0 Å². The second-order valence-corrected chi connectivity index (χ2v) is 5.38. The molecule has 3 fully saturated rings. The summed E-state index contributed by atoms with van der Waals surface area (Å²) >= 11 is 0. The van der Waals surface area contributed by atoms with E-state index in [9.17, 15) is 4.79 Å². The third-order valence-electron chi connectivity index (χ3n) is 4.45. The number of nitrogens with zero attached hydrogens (tertiary/aromatic N) is 1. The van der Waals surface area contributed by atoms with Crippen molar-refractivity contribution in [3.63, 3.8) is 0 Å². The first-order chi connectivity index (χ1) is 7.73. The fourth-order valence-corrected chi connectivity index (χ4v) is 2.96. The Morgan fingerprint density at radius 3 is 2.69 bits per heavy atom. The number of ether oxygens (including phenoxy) is 1. The van der Waals surface area contributed by atoms with Crippen molar-refractivity contribution >= 4 is 5.91 Å². The van der Waals surface area contributed by atoms with Crippen molar-refractivity contribution in [2.45, 2.75) is 44.2 Å². The molecule has 1 atom stereocenters. The van der Waals surface area contributed by atoms with Crippen LogP contribution in [0.4, 0.5) is 0 Å². The molecule has 1 saturated carbocycles. The highest BCUT2D eigenvalue weighted by Gasteiger charge is 2.56. The highest BCUT2D eigenvalue weighted by atomic mass is 16.5. The molecule has 90 valence electrons. The van der Waals surface area contributed by atoms with Crippen molar-refractivity contribution in [1.29, 1.82) is 0 Å². The zero-order chi connectivity index (χ0) is 11.2. The molecule has 1 aliphatic carbocycles. The summed E-state index contributed by atoms with van der Waals surface area (Å²) in [7, 11) is 0. The van der Waals surface area contributed by atoms with E-state index in [1.165, 1.54) is 0 Å². The Labute approximate surface area is 96.3 Å². The highest BCUT2D eigenvalue weighted by Crippen LogP contribution is 2.41. The van der Waals surface area contributed by atoms with Gasteiger partial charge in [0.2, 0.25) is 5.91 Å². The van der Waals surface area contributed by atoms with Crippen LogP contribution in [0.2, 0.25) is 0 Å². The molecule has 1 N–H and O–H groups in total. The standard InChI is InChI=1S/C12H20N2O2/c1-9(10-2-6-16-7-3-10)14-8-13-12(4-5-12)11(14)15/h9-10,13H,2-8H2,1H3. The monoisotopic (exact) mass is 224 g/mol. The summed E-state index contributed by atoms with van der Waals surface area (Å²) in [5.74, 6) is 0.958. The average Bonchev–Trinajstić information content (AvgIpc) is 3.04. The van der Waals surface area contributed by atoms with Crippen LogP contribution >= 0.6 is 0 Å². The molecule has 0 aromatic heterocycles. The summed E-state index contributed by atoms with van der Waals surface area (Å²) in [6.07, 6.45) is 4.25. The van der Waals surface area contributed by atoms with Gasteiger partial charge in [-0.05, 0) is 38.5 Å². The molecule has 0 aromatic carbocycles. The summed E-state index contributed by atoms with van der Waals surface area (Å²) in [6, 6.07) is 0.365. The van der Waals surface area contributed by atoms with E-state index in [1.807, 2.05) is 4.90 Å². The topological polar surface area (TPSA) is 41.6 Å². The molecular formula is C12H20N2O2. The minimum absolute atomic E-state index is 0.139. The first-order valence-electron chi connectivity index (χ1n) is 6.37. The maximum Gasteiger partial charge on any atom is 0.244 e. The smallest absolute Gasteiger partial charge is 0.244 e. The number of carbonyl (C=O) groups excluding carboxylic acids is 1. The molecule has 0 radical (unpaired) electrons. The largest absolute Gasteiger partial charge is 0.381 e. The first kappa shape index (κ1) is 10.5. The Morgan fingerprint density at radius 1 is 1.44 bits per heavy atom. The lowest BCUT2D eigenvalue weighted by Crippen LogP contribution is -2.43. The molecular weight excluding hydrogens is 204 g/mol. The van der Waals surface area contributed by atoms with Gasteiger partial charge in [-0.2, -0.15) is 0 Å². The molecule has 1 unspecified atom stereocenters. The van der Waals surface area contributed by atoms with Gasteiger partial charge in [-0.15, -0.1) is 0 Å². The lowest BCUT2D eigenvalue weighted by molar-refractivity contribution is -0.133. The first-order valence-corrected chi connectivity index (χ1v) is 6.37. The molecule has 2 heterocycles. The molecule has 3 aliphatic rings. The molecule has 2 aliphatic heterocycles. The van der Waals surface area contributed by atoms with Gasteiger partial charge in [0.05, 0.1) is 12.2 Å². The predicted molar refractivity (Wildman–Crippen MR) is 59.8 cm³/mol. The Hall–Kier alpha value is -0.610. The van der Waals surface area contributed by atoms with Crippen LogP contribution in [0, 0.1) is 5.92 Å². The van der Waals surface area contributed by atoms with E-state index in [0.717, 1.165) is 45.6 Å². The third-order valence-corrected chi connectivity index (χ3v) is 4.45. The molecule has 3 rings (SSSR count). The number of carbonyl (C=O) groups is 1. The third kappa shape index (κ3) is 1.55. The van der Waals surface area contributed by atoms with Gasteiger partial charge in [0.25, 0.3) is 0 Å². The molecule has 0 bridgehead atoms. The van der Waals surface area contributed by atoms with Crippen molar-refractivity contribution in [2.75, 3.05) is 19.9 Å². The molecule has 4 nitrogen and oxygen atoms in total. The summed E-state index contributed by atoms with van der Waals surface area (Å²) in [5, 5.41) is 3.37. The zero-order valence-corrected chi connectivity index (χ0v) is 9.87. The van der Waals surface area contributed by atoms with Crippen LogP contribution in [0.25, 0.3) is 0 Å². The Balaban J connectivity index is 1.66. The van der Waals surface area contributed by atoms with Crippen molar-refractivity contribution in [1.82, 2.24) is 10.2 Å². The minimum atomic E-state index is -0.139. The Bertz CT molecular complexity index is 295. The van der Waals surface area contributed by atoms with Crippen LogP contribution in [-0.2, 0) is 9.53 Å². The van der Waals surface area contributed by atoms with Crippen LogP contribution in [0.3, 0.4) is 0 Å². The van der Waals surface area contributed by atoms with E-state index in [1.54, 1.807) is 0 Å². The van der Waals surface area contributed by atoms with Crippen molar-refractivity contribution < 1.29 is 9.53 Å². The van der Waals surface area contributed by atoms with E-state index >= 15 is 0 Å². The Morgan fingerprint density at radius 2 is 2.12 bits per heavy atom.